The molecule has 0 atom stereocenters. The number of methoxy groups -OCH3 is 1. The molecule has 0 N–H and O–H groups in total. The molecule has 1 saturated heterocycles. The highest BCUT2D eigenvalue weighted by atomic mass is 79.9. The molecule has 1 fully saturated rings. The number of benzene rings is 1. The van der Waals surface area contributed by atoms with Crippen molar-refractivity contribution in [1.82, 2.24) is 29.5 Å². The average Bonchev–Trinajstić information content (AvgIpc) is 3.27. The van der Waals surface area contributed by atoms with E-state index in [4.69, 9.17) is 16.3 Å². The fourth-order valence-corrected chi connectivity index (χ4v) is 4.38. The number of carbonyl (C=O) groups is 2. The zero-order valence-corrected chi connectivity index (χ0v) is 20.7. The Bertz CT molecular complexity index is 1210. The van der Waals surface area contributed by atoms with Gasteiger partial charge in [-0.1, -0.05) is 33.6 Å². The maximum absolute atomic E-state index is 13.2. The van der Waals surface area contributed by atoms with Gasteiger partial charge >= 0.3 is 0 Å². The van der Waals surface area contributed by atoms with Crippen molar-refractivity contribution in [2.24, 2.45) is 0 Å². The van der Waals surface area contributed by atoms with Gasteiger partial charge in [-0.15, -0.1) is 5.10 Å². The van der Waals surface area contributed by atoms with Crippen LogP contribution in [0.15, 0.2) is 47.2 Å². The Kier molecular flexibility index (Phi) is 6.40. The first-order chi connectivity index (χ1) is 15.7. The number of ether oxygens (including phenoxy) is 1. The Labute approximate surface area is 204 Å². The molecule has 1 aromatic carbocycles. The first-order valence-corrected chi connectivity index (χ1v) is 11.4. The Morgan fingerprint density at radius 2 is 1.94 bits per heavy atom. The minimum Gasteiger partial charge on any atom is -0.481 e. The lowest BCUT2D eigenvalue weighted by atomic mass is 9.98. The summed E-state index contributed by atoms with van der Waals surface area (Å²) in [5.74, 6) is -0.0864. The molecule has 11 heteroatoms. The first-order valence-electron chi connectivity index (χ1n) is 10.2. The van der Waals surface area contributed by atoms with Crippen molar-refractivity contribution < 1.29 is 14.3 Å². The van der Waals surface area contributed by atoms with Crippen LogP contribution in [0.3, 0.4) is 0 Å². The van der Waals surface area contributed by atoms with Gasteiger partial charge in [-0.2, -0.15) is 0 Å². The molecule has 0 radical (unpaired) electrons. The molecule has 3 heterocycles. The summed E-state index contributed by atoms with van der Waals surface area (Å²) in [6, 6.07) is 10.5. The van der Waals surface area contributed by atoms with Crippen LogP contribution in [0.4, 0.5) is 0 Å². The predicted octanol–water partition coefficient (Wildman–Crippen LogP) is 3.46. The molecule has 4 rings (SSSR count). The zero-order valence-electron chi connectivity index (χ0n) is 18.3. The van der Waals surface area contributed by atoms with E-state index in [1.54, 1.807) is 40.1 Å². The second-order valence-corrected chi connectivity index (χ2v) is 9.55. The summed E-state index contributed by atoms with van der Waals surface area (Å²) in [6.07, 6.45) is 1.48. The van der Waals surface area contributed by atoms with Crippen molar-refractivity contribution >= 4 is 39.3 Å². The molecule has 172 valence electrons. The highest BCUT2D eigenvalue weighted by Crippen LogP contribution is 2.25. The van der Waals surface area contributed by atoms with E-state index in [1.165, 1.54) is 18.1 Å². The molecule has 0 spiro atoms. The van der Waals surface area contributed by atoms with E-state index in [2.05, 4.69) is 31.0 Å². The molecule has 0 saturated carbocycles. The fraction of sp³-hybridized carbons (Fsp3) is 0.318. The molecule has 2 amide bonds. The van der Waals surface area contributed by atoms with Crippen molar-refractivity contribution in [3.05, 3.63) is 63.7 Å². The average molecular weight is 534 g/mol. The lowest BCUT2D eigenvalue weighted by molar-refractivity contribution is 0.0158. The van der Waals surface area contributed by atoms with Crippen molar-refractivity contribution in [2.75, 3.05) is 26.7 Å². The third-order valence-corrected chi connectivity index (χ3v) is 6.08. The van der Waals surface area contributed by atoms with Crippen LogP contribution in [0.2, 0.25) is 5.02 Å². The first kappa shape index (κ1) is 23.2. The summed E-state index contributed by atoms with van der Waals surface area (Å²) in [6.45, 7) is 4.86. The zero-order chi connectivity index (χ0) is 23.8. The summed E-state index contributed by atoms with van der Waals surface area (Å²) in [7, 11) is 1.50. The number of pyridine rings is 1. The molecule has 1 aliphatic heterocycles. The quantitative estimate of drug-likeness (QED) is 0.510. The summed E-state index contributed by atoms with van der Waals surface area (Å²) in [5.41, 5.74) is 0.349. The topological polar surface area (TPSA) is 93.5 Å². The lowest BCUT2D eigenvalue weighted by Gasteiger charge is -2.46. The molecule has 0 unspecified atom stereocenters. The molecule has 2 aromatic heterocycles. The van der Waals surface area contributed by atoms with E-state index in [1.807, 2.05) is 19.9 Å². The molecule has 0 aliphatic carbocycles. The van der Waals surface area contributed by atoms with Crippen LogP contribution in [0.5, 0.6) is 5.88 Å². The normalized spacial score (nSPS) is 15.4. The molecule has 9 nitrogen and oxygen atoms in total. The number of piperazine rings is 1. The van der Waals surface area contributed by atoms with E-state index in [0.717, 1.165) is 0 Å². The van der Waals surface area contributed by atoms with Gasteiger partial charge in [0.05, 0.1) is 18.3 Å². The van der Waals surface area contributed by atoms with E-state index < -0.39 is 5.54 Å². The molecular weight excluding hydrogens is 512 g/mol. The number of halogens is 2. The number of hydrogen-bond acceptors (Lipinski definition) is 6. The van der Waals surface area contributed by atoms with Gasteiger partial charge in [0.15, 0.2) is 0 Å². The molecule has 3 aromatic rings. The minimum atomic E-state index is -0.636. The number of carbonyl (C=O) groups excluding carboxylic acids is 2. The molecular formula is C22H22BrClN6O3. The van der Waals surface area contributed by atoms with Gasteiger partial charge in [0.1, 0.15) is 12.0 Å². The summed E-state index contributed by atoms with van der Waals surface area (Å²) in [4.78, 5) is 38.2. The van der Waals surface area contributed by atoms with Gasteiger partial charge in [-0.05, 0) is 38.1 Å². The van der Waals surface area contributed by atoms with Gasteiger partial charge in [0.2, 0.25) is 11.7 Å². The highest BCUT2D eigenvalue weighted by Gasteiger charge is 2.40. The Balaban J connectivity index is 1.50. The highest BCUT2D eigenvalue weighted by molar-refractivity contribution is 9.10. The third-order valence-electron chi connectivity index (χ3n) is 5.39. The Morgan fingerprint density at radius 1 is 1.15 bits per heavy atom. The lowest BCUT2D eigenvalue weighted by Crippen LogP contribution is -2.62. The van der Waals surface area contributed by atoms with E-state index in [9.17, 15) is 9.59 Å². The van der Waals surface area contributed by atoms with Crippen LogP contribution in [0, 0.1) is 0 Å². The van der Waals surface area contributed by atoms with Crippen LogP contribution >= 0.6 is 27.5 Å². The van der Waals surface area contributed by atoms with Gasteiger partial charge in [0.25, 0.3) is 11.8 Å². The molecule has 1 aliphatic rings. The standard InChI is InChI=1S/C22H22BrClN6O3/c1-22(2)12-28(20(31)17-9-14(23)10-18(26-17)33-3)7-8-29(22)21(32)19-25-13-30(27-19)16-6-4-5-15(24)11-16/h4-6,9-11,13H,7-8,12H2,1-3H3. The van der Waals surface area contributed by atoms with Crippen LogP contribution in [-0.4, -0.2) is 73.6 Å². The van der Waals surface area contributed by atoms with Crippen LogP contribution < -0.4 is 4.74 Å². The van der Waals surface area contributed by atoms with E-state index >= 15 is 0 Å². The molecule has 33 heavy (non-hydrogen) atoms. The summed E-state index contributed by atoms with van der Waals surface area (Å²) >= 11 is 9.43. The summed E-state index contributed by atoms with van der Waals surface area (Å²) in [5, 5.41) is 4.90. The van der Waals surface area contributed by atoms with Crippen LogP contribution in [0.1, 0.15) is 35.0 Å². The second-order valence-electron chi connectivity index (χ2n) is 8.20. The predicted molar refractivity (Wildman–Crippen MR) is 126 cm³/mol. The molecule has 0 bridgehead atoms. The third kappa shape index (κ3) is 4.86. The Hall–Kier alpha value is -2.98. The van der Waals surface area contributed by atoms with Crippen molar-refractivity contribution in [3.63, 3.8) is 0 Å². The second kappa shape index (κ2) is 9.11. The number of aromatic nitrogens is 4. The SMILES string of the molecule is COc1cc(Br)cc(C(=O)N2CCN(C(=O)c3ncn(-c4cccc(Cl)c4)n3)C(C)(C)C2)n1. The van der Waals surface area contributed by atoms with Crippen molar-refractivity contribution in [1.29, 1.82) is 0 Å². The van der Waals surface area contributed by atoms with E-state index in [0.29, 0.717) is 40.7 Å². The van der Waals surface area contributed by atoms with Crippen molar-refractivity contribution in [2.45, 2.75) is 19.4 Å². The monoisotopic (exact) mass is 532 g/mol. The number of amides is 2. The summed E-state index contributed by atoms with van der Waals surface area (Å²) < 4.78 is 7.38. The maximum Gasteiger partial charge on any atom is 0.294 e. The smallest absolute Gasteiger partial charge is 0.294 e. The van der Waals surface area contributed by atoms with Crippen LogP contribution in [0.25, 0.3) is 5.69 Å². The van der Waals surface area contributed by atoms with Gasteiger partial charge in [-0.3, -0.25) is 9.59 Å². The minimum absolute atomic E-state index is 0.0845. The fourth-order valence-electron chi connectivity index (χ4n) is 3.78. The van der Waals surface area contributed by atoms with Gasteiger partial charge < -0.3 is 14.5 Å². The van der Waals surface area contributed by atoms with Crippen molar-refractivity contribution in [3.8, 4) is 11.6 Å². The van der Waals surface area contributed by atoms with Gasteiger partial charge in [-0.25, -0.2) is 14.6 Å². The van der Waals surface area contributed by atoms with Gasteiger partial charge in [0, 0.05) is 35.2 Å². The number of rotatable bonds is 4. The van der Waals surface area contributed by atoms with E-state index in [-0.39, 0.29) is 23.3 Å². The number of hydrogen-bond donors (Lipinski definition) is 0. The largest absolute Gasteiger partial charge is 0.481 e. The van der Waals surface area contributed by atoms with Crippen LogP contribution in [-0.2, 0) is 0 Å². The number of nitrogens with zero attached hydrogens (tertiary/aromatic N) is 6. The Morgan fingerprint density at radius 3 is 2.64 bits per heavy atom. The maximum atomic E-state index is 13.2.